The van der Waals surface area contributed by atoms with Gasteiger partial charge in [-0.25, -0.2) is 9.37 Å². The van der Waals surface area contributed by atoms with Crippen LogP contribution in [0.25, 0.3) is 22.0 Å². The number of benzene rings is 2. The molecule has 0 aliphatic carbocycles. The van der Waals surface area contributed by atoms with E-state index in [0.717, 1.165) is 5.39 Å². The molecule has 1 aliphatic rings. The van der Waals surface area contributed by atoms with Crippen molar-refractivity contribution in [2.24, 2.45) is 0 Å². The van der Waals surface area contributed by atoms with E-state index < -0.39 is 0 Å². The highest BCUT2D eigenvalue weighted by molar-refractivity contribution is 7.80. The van der Waals surface area contributed by atoms with Gasteiger partial charge in [0.2, 0.25) is 17.8 Å². The second kappa shape index (κ2) is 12.0. The molecule has 1 aromatic heterocycles. The fraction of sp³-hybridized carbons (Fsp3) is 0.385. The number of rotatable bonds is 8. The number of piperazine rings is 1. The van der Waals surface area contributed by atoms with Crippen molar-refractivity contribution in [3.05, 3.63) is 47.2 Å². The lowest BCUT2D eigenvalue weighted by atomic mass is 10.0. The maximum atomic E-state index is 14.6. The molecular weight excluding hydrogens is 515 g/mol. The Labute approximate surface area is 226 Å². The van der Waals surface area contributed by atoms with Crippen LogP contribution in [0.1, 0.15) is 12.8 Å². The number of carbonyl (C=O) groups is 2. The summed E-state index contributed by atoms with van der Waals surface area (Å²) in [6.07, 6.45) is 0.699. The highest BCUT2D eigenvalue weighted by atomic mass is 35.5. The van der Waals surface area contributed by atoms with Crippen molar-refractivity contribution in [2.45, 2.75) is 12.8 Å². The minimum Gasteiger partial charge on any atom is -0.354 e. The van der Waals surface area contributed by atoms with Crippen molar-refractivity contribution in [1.29, 1.82) is 0 Å². The molecule has 1 N–H and O–H groups in total. The number of anilines is 2. The molecule has 8 nitrogen and oxygen atoms in total. The maximum Gasteiger partial charge on any atom is 0.225 e. The minimum absolute atomic E-state index is 0.0101. The fourth-order valence-corrected chi connectivity index (χ4v) is 4.72. The molecule has 2 amide bonds. The van der Waals surface area contributed by atoms with Crippen molar-refractivity contribution in [3.63, 3.8) is 0 Å². The first-order chi connectivity index (χ1) is 17.8. The van der Waals surface area contributed by atoms with Crippen LogP contribution in [-0.4, -0.2) is 84.2 Å². The molecule has 0 radical (unpaired) electrons. The number of carbonyl (C=O) groups excluding carboxylic acids is 2. The molecule has 0 saturated carbocycles. The molecule has 1 fully saturated rings. The Hall–Kier alpha value is -3.11. The Balaban J connectivity index is 1.69. The van der Waals surface area contributed by atoms with E-state index in [1.165, 1.54) is 11.0 Å². The predicted molar refractivity (Wildman–Crippen MR) is 149 cm³/mol. The molecule has 0 unspecified atom stereocenters. The monoisotopic (exact) mass is 544 g/mol. The zero-order valence-electron chi connectivity index (χ0n) is 20.9. The van der Waals surface area contributed by atoms with Crippen LogP contribution in [0.5, 0.6) is 0 Å². The number of hydrogen-bond acceptors (Lipinski definition) is 7. The molecule has 11 heteroatoms. The van der Waals surface area contributed by atoms with Crippen molar-refractivity contribution in [3.8, 4) is 11.1 Å². The topological polar surface area (TPSA) is 81.7 Å². The van der Waals surface area contributed by atoms with E-state index in [9.17, 15) is 14.0 Å². The quantitative estimate of drug-likeness (QED) is 0.418. The molecule has 0 atom stereocenters. The summed E-state index contributed by atoms with van der Waals surface area (Å²) < 4.78 is 14.6. The number of halogens is 2. The average molecular weight is 545 g/mol. The molecule has 1 saturated heterocycles. The molecule has 2 aromatic carbocycles. The number of fused-ring (bicyclic) bond motifs is 1. The van der Waals surface area contributed by atoms with Crippen LogP contribution in [-0.2, 0) is 9.59 Å². The summed E-state index contributed by atoms with van der Waals surface area (Å²) in [6.45, 7) is 2.69. The van der Waals surface area contributed by atoms with Gasteiger partial charge in [-0.15, -0.1) is 0 Å². The van der Waals surface area contributed by atoms with Crippen molar-refractivity contribution >= 4 is 58.7 Å². The first kappa shape index (κ1) is 26.9. The Morgan fingerprint density at radius 1 is 1.08 bits per heavy atom. The molecule has 196 valence electrons. The van der Waals surface area contributed by atoms with Crippen LogP contribution in [0.2, 0.25) is 5.02 Å². The highest BCUT2D eigenvalue weighted by Gasteiger charge is 2.24. The van der Waals surface area contributed by atoms with Gasteiger partial charge in [0.05, 0.1) is 5.52 Å². The van der Waals surface area contributed by atoms with E-state index >= 15 is 0 Å². The van der Waals surface area contributed by atoms with E-state index in [-0.39, 0.29) is 24.1 Å². The normalized spacial score (nSPS) is 13.6. The van der Waals surface area contributed by atoms with E-state index in [2.05, 4.69) is 27.8 Å². The number of thiol groups is 1. The van der Waals surface area contributed by atoms with Gasteiger partial charge >= 0.3 is 0 Å². The fourth-order valence-electron chi connectivity index (χ4n) is 4.27. The molecule has 1 aliphatic heterocycles. The van der Waals surface area contributed by atoms with Crippen LogP contribution in [0, 0.1) is 5.82 Å². The summed E-state index contributed by atoms with van der Waals surface area (Å²) in [7, 11) is 3.42. The van der Waals surface area contributed by atoms with Crippen LogP contribution < -0.4 is 10.2 Å². The molecule has 3 aromatic rings. The third-order valence-corrected chi connectivity index (χ3v) is 6.84. The second-order valence-electron chi connectivity index (χ2n) is 9.01. The van der Waals surface area contributed by atoms with E-state index in [0.29, 0.717) is 78.3 Å². The Morgan fingerprint density at radius 3 is 2.49 bits per heavy atom. The van der Waals surface area contributed by atoms with E-state index in [4.69, 9.17) is 16.6 Å². The van der Waals surface area contributed by atoms with Crippen LogP contribution in [0.4, 0.5) is 16.2 Å². The van der Waals surface area contributed by atoms with Crippen molar-refractivity contribution in [1.82, 2.24) is 19.8 Å². The zero-order valence-corrected chi connectivity index (χ0v) is 22.5. The summed E-state index contributed by atoms with van der Waals surface area (Å²) >= 11 is 10.8. The second-order valence-corrected chi connectivity index (χ2v) is 9.86. The predicted octanol–water partition coefficient (Wildman–Crippen LogP) is 3.95. The van der Waals surface area contributed by atoms with Crippen LogP contribution in [0.3, 0.4) is 0 Å². The first-order valence-corrected chi connectivity index (χ1v) is 13.1. The van der Waals surface area contributed by atoms with E-state index in [1.54, 1.807) is 44.4 Å². The Morgan fingerprint density at radius 2 is 1.81 bits per heavy atom. The Bertz CT molecular complexity index is 1300. The zero-order chi connectivity index (χ0) is 26.5. The van der Waals surface area contributed by atoms with Crippen LogP contribution in [0.15, 0.2) is 36.4 Å². The number of nitrogens with zero attached hydrogens (tertiary/aromatic N) is 5. The first-order valence-electron chi connectivity index (χ1n) is 12.1. The van der Waals surface area contributed by atoms with Crippen molar-refractivity contribution < 1.29 is 14.0 Å². The van der Waals surface area contributed by atoms with Gasteiger partial charge in [0.1, 0.15) is 11.6 Å². The van der Waals surface area contributed by atoms with E-state index in [1.807, 2.05) is 4.90 Å². The van der Waals surface area contributed by atoms with Gasteiger partial charge in [0, 0.05) is 81.2 Å². The van der Waals surface area contributed by atoms with Gasteiger partial charge in [0.15, 0.2) is 0 Å². The summed E-state index contributed by atoms with van der Waals surface area (Å²) in [4.78, 5) is 39.2. The van der Waals surface area contributed by atoms with Gasteiger partial charge in [0.25, 0.3) is 0 Å². The molecule has 4 rings (SSSR count). The lowest BCUT2D eigenvalue weighted by Crippen LogP contribution is -2.49. The third-order valence-electron chi connectivity index (χ3n) is 6.31. The minimum atomic E-state index is -0.374. The molecular formula is C26H30ClFN6O2S. The number of hydrogen-bond donors (Lipinski definition) is 2. The van der Waals surface area contributed by atoms with Gasteiger partial charge in [-0.05, 0) is 24.0 Å². The average Bonchev–Trinajstić information content (AvgIpc) is 2.88. The summed E-state index contributed by atoms with van der Waals surface area (Å²) in [5.74, 6) is 1.26. The Kier molecular flexibility index (Phi) is 8.71. The largest absolute Gasteiger partial charge is 0.354 e. The lowest BCUT2D eigenvalue weighted by molar-refractivity contribution is -0.131. The van der Waals surface area contributed by atoms with Gasteiger partial charge in [-0.3, -0.25) is 9.59 Å². The summed E-state index contributed by atoms with van der Waals surface area (Å²) in [6, 6.07) is 10.00. The van der Waals surface area contributed by atoms with Crippen molar-refractivity contribution in [2.75, 3.05) is 62.8 Å². The number of aromatic nitrogens is 2. The third kappa shape index (κ3) is 6.24. The summed E-state index contributed by atoms with van der Waals surface area (Å²) in [5.41, 5.74) is 1.52. The number of amides is 2. The van der Waals surface area contributed by atoms with Gasteiger partial charge in [-0.2, -0.15) is 17.6 Å². The maximum absolute atomic E-state index is 14.6. The van der Waals surface area contributed by atoms with Crippen LogP contribution >= 0.6 is 24.2 Å². The number of nitrogens with one attached hydrogen (secondary N) is 1. The smallest absolute Gasteiger partial charge is 0.225 e. The summed E-state index contributed by atoms with van der Waals surface area (Å²) in [5, 5.41) is 4.28. The molecule has 0 spiro atoms. The standard InChI is InChI=1S/C26H30ClFN6O2S/c1-32(2)23(35)7-9-29-26-30-22-16-18(17-5-3-4-6-21(17)28)20(27)15-19(22)25(31-26)34-12-10-33(11-13-34)24(36)8-14-37/h3-6,15-16,37H,7-14H2,1-2H3,(H,29,30,31). The van der Waals surface area contributed by atoms with Gasteiger partial charge < -0.3 is 20.0 Å². The lowest BCUT2D eigenvalue weighted by Gasteiger charge is -2.36. The highest BCUT2D eigenvalue weighted by Crippen LogP contribution is 2.36. The molecule has 2 heterocycles. The molecule has 37 heavy (non-hydrogen) atoms. The molecule has 0 bridgehead atoms. The SMILES string of the molecule is CN(C)C(=O)CCNc1nc(N2CCN(C(=O)CCS)CC2)c2cc(Cl)c(-c3ccccc3F)cc2n1. The van der Waals surface area contributed by atoms with Gasteiger partial charge in [-0.1, -0.05) is 29.8 Å².